The van der Waals surface area contributed by atoms with Crippen molar-refractivity contribution in [2.24, 2.45) is 17.3 Å². The summed E-state index contributed by atoms with van der Waals surface area (Å²) in [4.78, 5) is 0. The third-order valence-electron chi connectivity index (χ3n) is 3.34. The van der Waals surface area contributed by atoms with E-state index in [0.717, 1.165) is 17.3 Å². The van der Waals surface area contributed by atoms with Gasteiger partial charge in [-0.25, -0.2) is 0 Å². The third-order valence-corrected chi connectivity index (χ3v) is 3.34. The summed E-state index contributed by atoms with van der Waals surface area (Å²) >= 11 is 0. The molecule has 0 saturated heterocycles. The van der Waals surface area contributed by atoms with E-state index < -0.39 is 0 Å². The second-order valence-corrected chi connectivity index (χ2v) is 4.66. The van der Waals surface area contributed by atoms with Gasteiger partial charge in [0.2, 0.25) is 0 Å². The summed E-state index contributed by atoms with van der Waals surface area (Å²) in [6, 6.07) is 0. The Kier molecular flexibility index (Phi) is 1.42. The molecule has 2 rings (SSSR count). The molecule has 2 atom stereocenters. The molecular formula is C11H18. The van der Waals surface area contributed by atoms with Gasteiger partial charge in [0.1, 0.15) is 0 Å². The monoisotopic (exact) mass is 150 g/mol. The molecule has 0 nitrogen and oxygen atoms in total. The van der Waals surface area contributed by atoms with Gasteiger partial charge in [-0.2, -0.15) is 0 Å². The number of allylic oxidation sites excluding steroid dienone is 2. The van der Waals surface area contributed by atoms with E-state index in [1.165, 1.54) is 19.3 Å². The highest BCUT2D eigenvalue weighted by molar-refractivity contribution is 5.39. The zero-order valence-corrected chi connectivity index (χ0v) is 7.85. The Bertz CT molecular complexity index is 200. The summed E-state index contributed by atoms with van der Waals surface area (Å²) in [6.07, 6.45) is 6.76. The highest BCUT2D eigenvalue weighted by atomic mass is 14.6. The minimum Gasteiger partial charge on any atom is -0.0782 e. The quantitative estimate of drug-likeness (QED) is 0.541. The molecule has 62 valence electrons. The lowest BCUT2D eigenvalue weighted by Crippen LogP contribution is -2.13. The lowest BCUT2D eigenvalue weighted by Gasteiger charge is -2.24. The number of hydrogen-bond acceptors (Lipinski definition) is 0. The van der Waals surface area contributed by atoms with Crippen molar-refractivity contribution in [2.45, 2.75) is 40.0 Å². The third kappa shape index (κ3) is 0.953. The maximum atomic E-state index is 2.55. The normalized spacial score (nSPS) is 39.6. The predicted molar refractivity (Wildman–Crippen MR) is 48.4 cm³/mol. The molecule has 11 heavy (non-hydrogen) atoms. The van der Waals surface area contributed by atoms with Gasteiger partial charge in [-0.1, -0.05) is 32.4 Å². The van der Waals surface area contributed by atoms with Crippen LogP contribution in [0.1, 0.15) is 40.0 Å². The Morgan fingerprint density at radius 1 is 1.64 bits per heavy atom. The van der Waals surface area contributed by atoms with Crippen LogP contribution in [0.4, 0.5) is 0 Å². The molecule has 0 amide bonds. The Labute approximate surface area is 69.7 Å². The van der Waals surface area contributed by atoms with Crippen LogP contribution in [0.15, 0.2) is 11.6 Å². The van der Waals surface area contributed by atoms with Crippen LogP contribution in [-0.2, 0) is 0 Å². The Hall–Kier alpha value is -0.260. The van der Waals surface area contributed by atoms with Gasteiger partial charge in [-0.3, -0.25) is 0 Å². The van der Waals surface area contributed by atoms with E-state index >= 15 is 0 Å². The van der Waals surface area contributed by atoms with Crippen molar-refractivity contribution in [1.29, 1.82) is 0 Å². The van der Waals surface area contributed by atoms with Crippen molar-refractivity contribution in [3.63, 3.8) is 0 Å². The fourth-order valence-corrected chi connectivity index (χ4v) is 2.52. The summed E-state index contributed by atoms with van der Waals surface area (Å²) in [5.74, 6) is 1.88. The van der Waals surface area contributed by atoms with Crippen molar-refractivity contribution in [3.05, 3.63) is 11.6 Å². The molecule has 0 heteroatoms. The molecule has 0 aliphatic heterocycles. The van der Waals surface area contributed by atoms with Crippen LogP contribution < -0.4 is 0 Å². The van der Waals surface area contributed by atoms with Crippen LogP contribution in [-0.4, -0.2) is 0 Å². The molecule has 0 aromatic rings. The highest BCUT2D eigenvalue weighted by Gasteiger charge is 2.59. The second-order valence-electron chi connectivity index (χ2n) is 4.66. The maximum Gasteiger partial charge on any atom is -0.00463 e. The SMILES string of the molecule is CCC12C=C(CC(C)C)C1C2. The van der Waals surface area contributed by atoms with Gasteiger partial charge >= 0.3 is 0 Å². The molecule has 2 aliphatic rings. The zero-order chi connectivity index (χ0) is 8.06. The Morgan fingerprint density at radius 3 is 2.73 bits per heavy atom. The van der Waals surface area contributed by atoms with Gasteiger partial charge < -0.3 is 0 Å². The first-order valence-corrected chi connectivity index (χ1v) is 4.89. The topological polar surface area (TPSA) is 0 Å². The van der Waals surface area contributed by atoms with Crippen LogP contribution in [0, 0.1) is 17.3 Å². The predicted octanol–water partition coefficient (Wildman–Crippen LogP) is 3.39. The first-order chi connectivity index (χ1) is 5.18. The summed E-state index contributed by atoms with van der Waals surface area (Å²) in [6.45, 7) is 6.95. The lowest BCUT2D eigenvalue weighted by molar-refractivity contribution is 0.485. The standard InChI is InChI=1S/C11H18/c1-4-11-6-9(5-8(2)3)10(11)7-11/h6,8,10H,4-5,7H2,1-3H3. The van der Waals surface area contributed by atoms with Gasteiger partial charge in [0, 0.05) is 0 Å². The van der Waals surface area contributed by atoms with E-state index in [4.69, 9.17) is 0 Å². The molecule has 1 fully saturated rings. The molecule has 0 bridgehead atoms. The number of fused-ring (bicyclic) bond motifs is 1. The largest absolute Gasteiger partial charge is 0.0782 e. The van der Waals surface area contributed by atoms with E-state index in [1.807, 2.05) is 0 Å². The molecule has 2 aliphatic carbocycles. The second kappa shape index (κ2) is 2.12. The molecule has 2 unspecified atom stereocenters. The van der Waals surface area contributed by atoms with E-state index in [2.05, 4.69) is 26.8 Å². The van der Waals surface area contributed by atoms with Crippen LogP contribution in [0.25, 0.3) is 0 Å². The van der Waals surface area contributed by atoms with Crippen LogP contribution in [0.3, 0.4) is 0 Å². The smallest absolute Gasteiger partial charge is 0.00463 e. The molecule has 1 saturated carbocycles. The number of rotatable bonds is 3. The van der Waals surface area contributed by atoms with Crippen molar-refractivity contribution in [1.82, 2.24) is 0 Å². The molecule has 0 spiro atoms. The van der Waals surface area contributed by atoms with E-state index in [-0.39, 0.29) is 0 Å². The first kappa shape index (κ1) is 7.39. The van der Waals surface area contributed by atoms with Crippen LogP contribution >= 0.6 is 0 Å². The average Bonchev–Trinajstić information content (AvgIpc) is 2.52. The van der Waals surface area contributed by atoms with Gasteiger partial charge in [-0.05, 0) is 36.5 Å². The van der Waals surface area contributed by atoms with Crippen molar-refractivity contribution < 1.29 is 0 Å². The molecule has 0 aromatic carbocycles. The molecule has 0 radical (unpaired) electrons. The molecule has 0 aromatic heterocycles. The zero-order valence-electron chi connectivity index (χ0n) is 7.85. The van der Waals surface area contributed by atoms with Gasteiger partial charge in [-0.15, -0.1) is 0 Å². The summed E-state index contributed by atoms with van der Waals surface area (Å²) < 4.78 is 0. The van der Waals surface area contributed by atoms with Gasteiger partial charge in [0.05, 0.1) is 0 Å². The van der Waals surface area contributed by atoms with Crippen molar-refractivity contribution >= 4 is 0 Å². The minimum atomic E-state index is 0.726. The summed E-state index contributed by atoms with van der Waals surface area (Å²) in [7, 11) is 0. The summed E-state index contributed by atoms with van der Waals surface area (Å²) in [5.41, 5.74) is 2.49. The lowest BCUT2D eigenvalue weighted by atomic mass is 9.81. The van der Waals surface area contributed by atoms with E-state index in [9.17, 15) is 0 Å². The minimum absolute atomic E-state index is 0.726. The fourth-order valence-electron chi connectivity index (χ4n) is 2.52. The number of hydrogen-bond donors (Lipinski definition) is 0. The van der Waals surface area contributed by atoms with Crippen LogP contribution in [0.5, 0.6) is 0 Å². The Balaban J connectivity index is 1.93. The molecule has 0 heterocycles. The van der Waals surface area contributed by atoms with E-state index in [1.54, 1.807) is 5.57 Å². The van der Waals surface area contributed by atoms with Crippen LogP contribution in [0.2, 0.25) is 0 Å². The van der Waals surface area contributed by atoms with Crippen molar-refractivity contribution in [2.75, 3.05) is 0 Å². The molecule has 0 N–H and O–H groups in total. The fraction of sp³-hybridized carbons (Fsp3) is 0.818. The van der Waals surface area contributed by atoms with Gasteiger partial charge in [0.25, 0.3) is 0 Å². The molecular weight excluding hydrogens is 132 g/mol. The van der Waals surface area contributed by atoms with E-state index in [0.29, 0.717) is 0 Å². The van der Waals surface area contributed by atoms with Gasteiger partial charge in [0.15, 0.2) is 0 Å². The average molecular weight is 150 g/mol. The highest BCUT2D eigenvalue weighted by Crippen LogP contribution is 2.68. The van der Waals surface area contributed by atoms with Crippen molar-refractivity contribution in [3.8, 4) is 0 Å². The maximum absolute atomic E-state index is 2.55. The first-order valence-electron chi connectivity index (χ1n) is 4.89. The Morgan fingerprint density at radius 2 is 2.36 bits per heavy atom. The summed E-state index contributed by atoms with van der Waals surface area (Å²) in [5, 5.41) is 0.